The number of carbonyl (C=O) groups excluding carboxylic acids is 1. The smallest absolute Gasteiger partial charge is 0.260 e. The minimum atomic E-state index is -0.0458. The highest BCUT2D eigenvalue weighted by Crippen LogP contribution is 2.26. The lowest BCUT2D eigenvalue weighted by atomic mass is 10.2. The summed E-state index contributed by atoms with van der Waals surface area (Å²) in [7, 11) is 4.02. The van der Waals surface area contributed by atoms with E-state index in [1.165, 1.54) is 0 Å². The highest BCUT2D eigenvalue weighted by Gasteiger charge is 2.14. The van der Waals surface area contributed by atoms with E-state index in [1.54, 1.807) is 4.90 Å². The van der Waals surface area contributed by atoms with Gasteiger partial charge in [0.05, 0.1) is 6.61 Å². The van der Waals surface area contributed by atoms with Crippen molar-refractivity contribution < 1.29 is 14.3 Å². The number of nitrogens with zero attached hydrogens (tertiary/aromatic N) is 2. The van der Waals surface area contributed by atoms with Crippen LogP contribution in [0, 0.1) is 0 Å². The van der Waals surface area contributed by atoms with E-state index >= 15 is 0 Å². The number of para-hydroxylation sites is 2. The Bertz CT molecular complexity index is 699. The molecule has 26 heavy (non-hydrogen) atoms. The van der Waals surface area contributed by atoms with Gasteiger partial charge in [0.1, 0.15) is 0 Å². The number of amides is 1. The van der Waals surface area contributed by atoms with Gasteiger partial charge in [-0.05, 0) is 43.7 Å². The largest absolute Gasteiger partial charge is 0.490 e. The predicted octanol–water partition coefficient (Wildman–Crippen LogP) is 3.58. The average Bonchev–Trinajstić information content (AvgIpc) is 2.65. The molecule has 0 radical (unpaired) electrons. The van der Waals surface area contributed by atoms with Crippen LogP contribution in [-0.4, -0.2) is 44.7 Å². The number of rotatable bonds is 9. The quantitative estimate of drug-likeness (QED) is 0.689. The number of ether oxygens (including phenoxy) is 2. The van der Waals surface area contributed by atoms with Crippen LogP contribution in [0.4, 0.5) is 5.69 Å². The Kier molecular flexibility index (Phi) is 7.33. The van der Waals surface area contributed by atoms with E-state index in [-0.39, 0.29) is 12.5 Å². The zero-order valence-corrected chi connectivity index (χ0v) is 16.1. The summed E-state index contributed by atoms with van der Waals surface area (Å²) in [6, 6.07) is 15.6. The summed E-state index contributed by atoms with van der Waals surface area (Å²) in [5.74, 6) is 1.20. The van der Waals surface area contributed by atoms with E-state index in [1.807, 2.05) is 52.2 Å². The molecular formula is C21H28N2O3. The van der Waals surface area contributed by atoms with Crippen LogP contribution in [0.3, 0.4) is 0 Å². The standard InChI is InChI=1S/C21H28N2O3/c1-5-23(15-17-11-13-18(14-12-17)22(3)4)21(24)16-26-20-10-8-7-9-19(20)25-6-2/h7-14H,5-6,15-16H2,1-4H3. The predicted molar refractivity (Wildman–Crippen MR) is 105 cm³/mol. The maximum Gasteiger partial charge on any atom is 0.260 e. The molecule has 0 bridgehead atoms. The van der Waals surface area contributed by atoms with Crippen LogP contribution in [-0.2, 0) is 11.3 Å². The third kappa shape index (κ3) is 5.41. The van der Waals surface area contributed by atoms with Crippen molar-refractivity contribution >= 4 is 11.6 Å². The normalized spacial score (nSPS) is 10.3. The first-order valence-electron chi connectivity index (χ1n) is 8.93. The SMILES string of the molecule is CCOc1ccccc1OCC(=O)N(CC)Cc1ccc(N(C)C)cc1. The molecule has 0 saturated heterocycles. The molecule has 2 aromatic carbocycles. The molecule has 0 aliphatic carbocycles. The monoisotopic (exact) mass is 356 g/mol. The fourth-order valence-electron chi connectivity index (χ4n) is 2.57. The molecule has 1 amide bonds. The van der Waals surface area contributed by atoms with Gasteiger partial charge in [0.15, 0.2) is 18.1 Å². The third-order valence-electron chi connectivity index (χ3n) is 4.06. The van der Waals surface area contributed by atoms with Gasteiger partial charge in [-0.15, -0.1) is 0 Å². The molecule has 0 heterocycles. The summed E-state index contributed by atoms with van der Waals surface area (Å²) in [6.45, 7) is 5.64. The van der Waals surface area contributed by atoms with E-state index in [4.69, 9.17) is 9.47 Å². The minimum Gasteiger partial charge on any atom is -0.490 e. The van der Waals surface area contributed by atoms with Gasteiger partial charge in [0.2, 0.25) is 0 Å². The average molecular weight is 356 g/mol. The first-order valence-corrected chi connectivity index (χ1v) is 8.93. The van der Waals surface area contributed by atoms with E-state index in [0.717, 1.165) is 11.3 Å². The molecule has 0 fully saturated rings. The summed E-state index contributed by atoms with van der Waals surface area (Å²) in [4.78, 5) is 16.4. The number of hydrogen-bond donors (Lipinski definition) is 0. The van der Waals surface area contributed by atoms with Crippen LogP contribution in [0.25, 0.3) is 0 Å². The maximum atomic E-state index is 12.5. The molecule has 0 saturated carbocycles. The van der Waals surface area contributed by atoms with Crippen LogP contribution in [0.2, 0.25) is 0 Å². The van der Waals surface area contributed by atoms with Gasteiger partial charge < -0.3 is 19.3 Å². The van der Waals surface area contributed by atoms with Gasteiger partial charge in [0.25, 0.3) is 5.91 Å². The van der Waals surface area contributed by atoms with E-state index in [2.05, 4.69) is 29.2 Å². The molecule has 140 valence electrons. The second-order valence-electron chi connectivity index (χ2n) is 6.14. The summed E-state index contributed by atoms with van der Waals surface area (Å²) in [5, 5.41) is 0. The fourth-order valence-corrected chi connectivity index (χ4v) is 2.57. The molecule has 0 N–H and O–H groups in total. The van der Waals surface area contributed by atoms with Crippen molar-refractivity contribution in [2.24, 2.45) is 0 Å². The lowest BCUT2D eigenvalue weighted by Gasteiger charge is -2.22. The molecule has 0 spiro atoms. The number of hydrogen-bond acceptors (Lipinski definition) is 4. The van der Waals surface area contributed by atoms with Crippen molar-refractivity contribution in [3.63, 3.8) is 0 Å². The van der Waals surface area contributed by atoms with Crippen LogP contribution in [0.5, 0.6) is 11.5 Å². The summed E-state index contributed by atoms with van der Waals surface area (Å²) >= 11 is 0. The van der Waals surface area contributed by atoms with Crippen molar-refractivity contribution in [2.45, 2.75) is 20.4 Å². The van der Waals surface area contributed by atoms with Gasteiger partial charge in [-0.25, -0.2) is 0 Å². The molecule has 5 nitrogen and oxygen atoms in total. The van der Waals surface area contributed by atoms with Crippen LogP contribution < -0.4 is 14.4 Å². The number of likely N-dealkylation sites (N-methyl/N-ethyl adjacent to an activating group) is 1. The molecule has 0 aliphatic rings. The Morgan fingerprint density at radius 1 is 0.923 bits per heavy atom. The fraction of sp³-hybridized carbons (Fsp3) is 0.381. The molecule has 0 aliphatic heterocycles. The second kappa shape index (κ2) is 9.70. The summed E-state index contributed by atoms with van der Waals surface area (Å²) in [6.07, 6.45) is 0. The van der Waals surface area contributed by atoms with E-state index in [0.29, 0.717) is 31.2 Å². The first-order chi connectivity index (χ1) is 12.5. The molecule has 2 aromatic rings. The zero-order valence-electron chi connectivity index (χ0n) is 16.1. The van der Waals surface area contributed by atoms with Crippen LogP contribution in [0.15, 0.2) is 48.5 Å². The van der Waals surface area contributed by atoms with Gasteiger partial charge in [0, 0.05) is 32.9 Å². The molecule has 0 atom stereocenters. The van der Waals surface area contributed by atoms with Gasteiger partial charge >= 0.3 is 0 Å². The highest BCUT2D eigenvalue weighted by atomic mass is 16.5. The number of anilines is 1. The molecule has 0 aromatic heterocycles. The van der Waals surface area contributed by atoms with Crippen molar-refractivity contribution in [1.29, 1.82) is 0 Å². The third-order valence-corrected chi connectivity index (χ3v) is 4.06. The Morgan fingerprint density at radius 2 is 1.54 bits per heavy atom. The lowest BCUT2D eigenvalue weighted by Crippen LogP contribution is -2.34. The lowest BCUT2D eigenvalue weighted by molar-refractivity contribution is -0.133. The van der Waals surface area contributed by atoms with Crippen molar-refractivity contribution in [1.82, 2.24) is 4.90 Å². The second-order valence-corrected chi connectivity index (χ2v) is 6.14. The van der Waals surface area contributed by atoms with Crippen LogP contribution in [0.1, 0.15) is 19.4 Å². The summed E-state index contributed by atoms with van der Waals surface area (Å²) in [5.41, 5.74) is 2.24. The van der Waals surface area contributed by atoms with Gasteiger partial charge in [-0.1, -0.05) is 24.3 Å². The van der Waals surface area contributed by atoms with Crippen molar-refractivity contribution in [3.05, 3.63) is 54.1 Å². The highest BCUT2D eigenvalue weighted by molar-refractivity contribution is 5.77. The first kappa shape index (κ1) is 19.6. The van der Waals surface area contributed by atoms with Crippen LogP contribution >= 0.6 is 0 Å². The Balaban J connectivity index is 1.96. The molecule has 2 rings (SSSR count). The number of carbonyl (C=O) groups is 1. The Morgan fingerprint density at radius 3 is 2.08 bits per heavy atom. The Labute approximate surface area is 156 Å². The van der Waals surface area contributed by atoms with Crippen molar-refractivity contribution in [3.8, 4) is 11.5 Å². The Hall–Kier alpha value is -2.69. The van der Waals surface area contributed by atoms with E-state index < -0.39 is 0 Å². The topological polar surface area (TPSA) is 42.0 Å². The molecular weight excluding hydrogens is 328 g/mol. The van der Waals surface area contributed by atoms with Gasteiger partial charge in [-0.2, -0.15) is 0 Å². The van der Waals surface area contributed by atoms with Gasteiger partial charge in [-0.3, -0.25) is 4.79 Å². The molecule has 0 unspecified atom stereocenters. The summed E-state index contributed by atoms with van der Waals surface area (Å²) < 4.78 is 11.2. The van der Waals surface area contributed by atoms with E-state index in [9.17, 15) is 4.79 Å². The van der Waals surface area contributed by atoms with Crippen molar-refractivity contribution in [2.75, 3.05) is 38.8 Å². The molecule has 5 heteroatoms. The minimum absolute atomic E-state index is 0.00624. The number of benzene rings is 2. The zero-order chi connectivity index (χ0) is 18.9. The maximum absolute atomic E-state index is 12.5.